The van der Waals surface area contributed by atoms with Gasteiger partial charge in [-0.1, -0.05) is 27.7 Å². The monoisotopic (exact) mass is 597 g/mol. The Hall–Kier alpha value is -1.73. The Labute approximate surface area is 249 Å². The smallest absolute Gasteiger partial charge is 0.308 e. The molecule has 0 saturated carbocycles. The molecule has 240 valence electrons. The minimum atomic E-state index is -1.25. The number of rotatable bonds is 6. The summed E-state index contributed by atoms with van der Waals surface area (Å²) in [5.41, 5.74) is -0.660. The second-order valence-corrected chi connectivity index (χ2v) is 12.9. The molecule has 3 heterocycles. The molecule has 3 aliphatic rings. The van der Waals surface area contributed by atoms with Crippen molar-refractivity contribution in [3.05, 3.63) is 12.2 Å². The van der Waals surface area contributed by atoms with Gasteiger partial charge >= 0.3 is 5.97 Å². The highest BCUT2D eigenvalue weighted by Gasteiger charge is 2.55. The number of aliphatic hydroxyl groups excluding tert-OH is 3. The number of allylic oxidation sites excluding steroid dienone is 1. The number of likely N-dealkylation sites (N-methyl/N-ethyl adjacent to an activating group) is 1. The van der Waals surface area contributed by atoms with Crippen molar-refractivity contribution in [2.75, 3.05) is 14.1 Å². The summed E-state index contributed by atoms with van der Waals surface area (Å²) >= 11 is 0. The Kier molecular flexibility index (Phi) is 11.9. The van der Waals surface area contributed by atoms with E-state index in [1.807, 2.05) is 20.8 Å². The van der Waals surface area contributed by atoms with E-state index in [1.165, 1.54) is 6.08 Å². The first kappa shape index (κ1) is 34.8. The Balaban J connectivity index is 1.97. The first-order valence-electron chi connectivity index (χ1n) is 15.2. The van der Waals surface area contributed by atoms with Crippen LogP contribution in [-0.2, 0) is 33.3 Å². The molecule has 11 heteroatoms. The van der Waals surface area contributed by atoms with Gasteiger partial charge in [-0.25, -0.2) is 0 Å². The van der Waals surface area contributed by atoms with E-state index in [4.69, 9.17) is 18.9 Å². The largest absolute Gasteiger partial charge is 0.462 e. The van der Waals surface area contributed by atoms with Gasteiger partial charge in [-0.2, -0.15) is 0 Å². The number of cyclic esters (lactones) is 1. The number of ether oxygens (including phenoxy) is 4. The molecule has 0 amide bonds. The molecule has 14 atom stereocenters. The second kappa shape index (κ2) is 14.4. The maximum atomic E-state index is 13.2. The summed E-state index contributed by atoms with van der Waals surface area (Å²) in [4.78, 5) is 39.8. The number of hydrogen-bond acceptors (Lipinski definition) is 11. The van der Waals surface area contributed by atoms with Crippen LogP contribution >= 0.6 is 0 Å². The fourth-order valence-electron chi connectivity index (χ4n) is 6.58. The van der Waals surface area contributed by atoms with Gasteiger partial charge in [-0.3, -0.25) is 9.59 Å². The Morgan fingerprint density at radius 3 is 2.36 bits per heavy atom. The number of aldehydes is 1. The van der Waals surface area contributed by atoms with E-state index in [1.54, 1.807) is 45.8 Å². The van der Waals surface area contributed by atoms with Crippen LogP contribution in [0.2, 0.25) is 0 Å². The van der Waals surface area contributed by atoms with Crippen molar-refractivity contribution in [1.82, 2.24) is 4.90 Å². The van der Waals surface area contributed by atoms with Crippen LogP contribution in [0.3, 0.4) is 0 Å². The number of aliphatic hydroxyl groups is 3. The molecule has 3 rings (SSSR count). The van der Waals surface area contributed by atoms with Crippen molar-refractivity contribution in [1.29, 1.82) is 0 Å². The number of carbonyl (C=O) groups excluding carboxylic acids is 3. The average molecular weight is 598 g/mol. The zero-order chi connectivity index (χ0) is 31.5. The Morgan fingerprint density at radius 2 is 1.76 bits per heavy atom. The van der Waals surface area contributed by atoms with Crippen LogP contribution < -0.4 is 0 Å². The Morgan fingerprint density at radius 1 is 1.10 bits per heavy atom. The fourth-order valence-corrected chi connectivity index (χ4v) is 6.58. The lowest BCUT2D eigenvalue weighted by atomic mass is 9.79. The molecule has 0 aromatic heterocycles. The van der Waals surface area contributed by atoms with Gasteiger partial charge in [-0.15, -0.1) is 0 Å². The van der Waals surface area contributed by atoms with E-state index in [-0.39, 0.29) is 37.1 Å². The van der Waals surface area contributed by atoms with Gasteiger partial charge in [-0.05, 0) is 58.9 Å². The fraction of sp³-hybridized carbons (Fsp3) is 0.839. The molecule has 2 saturated heterocycles. The normalized spacial score (nSPS) is 46.5. The van der Waals surface area contributed by atoms with Crippen LogP contribution in [0.1, 0.15) is 67.2 Å². The van der Waals surface area contributed by atoms with Crippen molar-refractivity contribution in [3.8, 4) is 0 Å². The van der Waals surface area contributed by atoms with Crippen LogP contribution in [-0.4, -0.2) is 113 Å². The summed E-state index contributed by atoms with van der Waals surface area (Å²) in [6, 6.07) is -0.696. The van der Waals surface area contributed by atoms with Crippen LogP contribution in [0.25, 0.3) is 0 Å². The predicted molar refractivity (Wildman–Crippen MR) is 153 cm³/mol. The van der Waals surface area contributed by atoms with Crippen molar-refractivity contribution in [2.45, 2.75) is 128 Å². The Bertz CT molecular complexity index is 973. The first-order chi connectivity index (χ1) is 19.6. The van der Waals surface area contributed by atoms with Gasteiger partial charge in [0.2, 0.25) is 0 Å². The third kappa shape index (κ3) is 7.85. The molecule has 14 unspecified atom stereocenters. The highest BCUT2D eigenvalue weighted by atomic mass is 16.7. The molecule has 2 fully saturated rings. The number of carbonyl (C=O) groups is 3. The van der Waals surface area contributed by atoms with Gasteiger partial charge < -0.3 is 44.0 Å². The predicted octanol–water partition coefficient (Wildman–Crippen LogP) is 1.64. The highest BCUT2D eigenvalue weighted by molar-refractivity contribution is 5.91. The van der Waals surface area contributed by atoms with Crippen molar-refractivity contribution in [3.63, 3.8) is 0 Å². The second-order valence-electron chi connectivity index (χ2n) is 12.9. The number of esters is 1. The standard InChI is InChI=1S/C31H51NO10/c1-9-23-18(4)29-31(6,42-29)12-10-21(34)16(2)14-20(11-13-33)28(17(3)22(35)15-24(36)40-23)41-30-27(38)25(32(7)8)26(37)19(5)39-30/h10,12-13,16-20,22-23,25-30,35,37-38H,9,11,14-15H2,1-8H3/b12-10-. The molecule has 0 aromatic rings. The SMILES string of the molecule is CCC1OC(=O)CC(O)C(C)C(OC2OC(C)C(O)C(N(C)C)C2O)C(CC=O)CC(C)C(=O)/C=C\C2(C)OC2C1C. The topological polar surface area (TPSA) is 155 Å². The van der Waals surface area contributed by atoms with E-state index < -0.39 is 78.3 Å². The quantitative estimate of drug-likeness (QED) is 0.232. The van der Waals surface area contributed by atoms with Crippen molar-refractivity contribution in [2.24, 2.45) is 23.7 Å². The third-order valence-electron chi connectivity index (χ3n) is 9.42. The zero-order valence-corrected chi connectivity index (χ0v) is 26.2. The lowest BCUT2D eigenvalue weighted by molar-refractivity contribution is -0.304. The number of hydrogen-bond donors (Lipinski definition) is 3. The van der Waals surface area contributed by atoms with E-state index >= 15 is 0 Å². The molecular weight excluding hydrogens is 546 g/mol. The minimum absolute atomic E-state index is 0.0178. The van der Waals surface area contributed by atoms with Crippen LogP contribution in [0.15, 0.2) is 12.2 Å². The molecule has 3 N–H and O–H groups in total. The van der Waals surface area contributed by atoms with E-state index in [9.17, 15) is 29.7 Å². The molecule has 0 bridgehead atoms. The maximum Gasteiger partial charge on any atom is 0.308 e. The molecule has 11 nitrogen and oxygen atoms in total. The molecular formula is C31H51NO10. The highest BCUT2D eigenvalue weighted by Crippen LogP contribution is 2.45. The molecule has 0 aliphatic carbocycles. The number of ketones is 1. The molecule has 0 radical (unpaired) electrons. The molecule has 42 heavy (non-hydrogen) atoms. The summed E-state index contributed by atoms with van der Waals surface area (Å²) in [6.45, 7) is 10.9. The van der Waals surface area contributed by atoms with Gasteiger partial charge in [0.25, 0.3) is 0 Å². The number of nitrogens with zero attached hydrogens (tertiary/aromatic N) is 1. The van der Waals surface area contributed by atoms with Gasteiger partial charge in [0.05, 0.1) is 43.0 Å². The molecule has 3 aliphatic heterocycles. The first-order valence-corrected chi connectivity index (χ1v) is 15.2. The zero-order valence-electron chi connectivity index (χ0n) is 26.2. The lowest BCUT2D eigenvalue weighted by Gasteiger charge is -2.46. The van der Waals surface area contributed by atoms with Crippen molar-refractivity contribution < 1.29 is 48.7 Å². The van der Waals surface area contributed by atoms with E-state index in [0.29, 0.717) is 6.42 Å². The average Bonchev–Trinajstić information content (AvgIpc) is 3.61. The maximum absolute atomic E-state index is 13.2. The van der Waals surface area contributed by atoms with Crippen LogP contribution in [0, 0.1) is 23.7 Å². The summed E-state index contributed by atoms with van der Waals surface area (Å²) in [5.74, 6) is -2.59. The van der Waals surface area contributed by atoms with Crippen molar-refractivity contribution >= 4 is 18.0 Å². The summed E-state index contributed by atoms with van der Waals surface area (Å²) < 4.78 is 24.0. The lowest BCUT2D eigenvalue weighted by Crippen LogP contribution is -2.63. The van der Waals surface area contributed by atoms with Gasteiger partial charge in [0.1, 0.15) is 24.1 Å². The number of epoxide rings is 1. The van der Waals surface area contributed by atoms with Gasteiger partial charge in [0, 0.05) is 24.2 Å². The van der Waals surface area contributed by atoms with E-state index in [0.717, 1.165) is 6.29 Å². The summed E-state index contributed by atoms with van der Waals surface area (Å²) in [7, 11) is 3.46. The summed E-state index contributed by atoms with van der Waals surface area (Å²) in [5, 5.41) is 33.1. The molecule has 0 aromatic carbocycles. The molecule has 0 spiro atoms. The summed E-state index contributed by atoms with van der Waals surface area (Å²) in [6.07, 6.45) is -2.34. The minimum Gasteiger partial charge on any atom is -0.462 e. The van der Waals surface area contributed by atoms with Gasteiger partial charge in [0.15, 0.2) is 12.1 Å². The van der Waals surface area contributed by atoms with Crippen LogP contribution in [0.4, 0.5) is 0 Å². The third-order valence-corrected chi connectivity index (χ3v) is 9.42. The van der Waals surface area contributed by atoms with Crippen LogP contribution in [0.5, 0.6) is 0 Å². The van der Waals surface area contributed by atoms with E-state index in [2.05, 4.69) is 0 Å². The number of fused-ring (bicyclic) bond motifs is 1.